The van der Waals surface area contributed by atoms with Crippen molar-refractivity contribution in [3.8, 4) is 0 Å². The van der Waals surface area contributed by atoms with Gasteiger partial charge in [-0.15, -0.1) is 0 Å². The SMILES string of the molecule is CC[C@H](C)NC(=O)[C@H](C)N(Cc1cccc(Br)c1)C(=O)Cc1ccc(C)cc1. The molecule has 2 atom stereocenters. The Kier molecular flexibility index (Phi) is 8.24. The van der Waals surface area contributed by atoms with E-state index in [1.54, 1.807) is 11.8 Å². The number of aryl methyl sites for hydroxylation is 1. The first kappa shape index (κ1) is 22.2. The summed E-state index contributed by atoms with van der Waals surface area (Å²) in [6.07, 6.45) is 1.12. The van der Waals surface area contributed by atoms with E-state index >= 15 is 0 Å². The van der Waals surface area contributed by atoms with E-state index in [4.69, 9.17) is 0 Å². The maximum Gasteiger partial charge on any atom is 0.242 e. The summed E-state index contributed by atoms with van der Waals surface area (Å²) < 4.78 is 0.952. The highest BCUT2D eigenvalue weighted by atomic mass is 79.9. The third kappa shape index (κ3) is 6.48. The van der Waals surface area contributed by atoms with Gasteiger partial charge in [0.05, 0.1) is 6.42 Å². The number of halogens is 1. The summed E-state index contributed by atoms with van der Waals surface area (Å²) in [5, 5.41) is 2.99. The first-order chi connectivity index (χ1) is 13.3. The molecule has 0 aliphatic heterocycles. The second-order valence-electron chi connectivity index (χ2n) is 7.31. The molecule has 0 aromatic heterocycles. The first-order valence-corrected chi connectivity index (χ1v) is 10.5. The highest BCUT2D eigenvalue weighted by Gasteiger charge is 2.26. The normalized spacial score (nSPS) is 12.9. The topological polar surface area (TPSA) is 49.4 Å². The Labute approximate surface area is 176 Å². The lowest BCUT2D eigenvalue weighted by atomic mass is 10.1. The second kappa shape index (κ2) is 10.4. The molecule has 4 nitrogen and oxygen atoms in total. The molecule has 0 radical (unpaired) electrons. The van der Waals surface area contributed by atoms with Crippen LogP contribution in [0.25, 0.3) is 0 Å². The average molecular weight is 445 g/mol. The quantitative estimate of drug-likeness (QED) is 0.644. The maximum atomic E-state index is 13.1. The molecule has 0 spiro atoms. The number of carbonyl (C=O) groups is 2. The number of rotatable bonds is 8. The lowest BCUT2D eigenvalue weighted by molar-refractivity contribution is -0.140. The summed E-state index contributed by atoms with van der Waals surface area (Å²) >= 11 is 3.47. The van der Waals surface area contributed by atoms with Gasteiger partial charge in [-0.3, -0.25) is 9.59 Å². The Morgan fingerprint density at radius 3 is 2.36 bits per heavy atom. The maximum absolute atomic E-state index is 13.1. The van der Waals surface area contributed by atoms with Gasteiger partial charge in [0, 0.05) is 17.1 Å². The fraction of sp³-hybridized carbons (Fsp3) is 0.391. The van der Waals surface area contributed by atoms with E-state index in [9.17, 15) is 9.59 Å². The highest BCUT2D eigenvalue weighted by Crippen LogP contribution is 2.17. The molecule has 0 heterocycles. The Bertz CT molecular complexity index is 805. The van der Waals surface area contributed by atoms with Crippen molar-refractivity contribution in [1.82, 2.24) is 10.2 Å². The van der Waals surface area contributed by atoms with Gasteiger partial charge in [-0.25, -0.2) is 0 Å². The van der Waals surface area contributed by atoms with Crippen LogP contribution in [0.1, 0.15) is 43.9 Å². The molecule has 2 aromatic carbocycles. The lowest BCUT2D eigenvalue weighted by Crippen LogP contribution is -2.49. The van der Waals surface area contributed by atoms with Crippen molar-refractivity contribution in [2.75, 3.05) is 0 Å². The molecule has 0 saturated carbocycles. The molecule has 0 saturated heterocycles. The number of carbonyl (C=O) groups excluding carboxylic acids is 2. The molecule has 0 bridgehead atoms. The van der Waals surface area contributed by atoms with Crippen LogP contribution in [-0.4, -0.2) is 28.8 Å². The molecule has 0 fully saturated rings. The van der Waals surface area contributed by atoms with Crippen molar-refractivity contribution in [3.05, 3.63) is 69.7 Å². The van der Waals surface area contributed by atoms with E-state index in [1.807, 2.05) is 69.3 Å². The van der Waals surface area contributed by atoms with Crippen molar-refractivity contribution in [2.24, 2.45) is 0 Å². The van der Waals surface area contributed by atoms with Gasteiger partial charge < -0.3 is 10.2 Å². The van der Waals surface area contributed by atoms with Crippen LogP contribution in [0, 0.1) is 6.92 Å². The molecule has 2 amide bonds. The zero-order chi connectivity index (χ0) is 20.7. The van der Waals surface area contributed by atoms with Gasteiger partial charge in [-0.05, 0) is 50.5 Å². The zero-order valence-corrected chi connectivity index (χ0v) is 18.6. The Balaban J connectivity index is 2.22. The molecule has 0 aliphatic carbocycles. The van der Waals surface area contributed by atoms with Crippen molar-refractivity contribution >= 4 is 27.7 Å². The Hall–Kier alpha value is -2.14. The van der Waals surface area contributed by atoms with Crippen LogP contribution in [0.5, 0.6) is 0 Å². The second-order valence-corrected chi connectivity index (χ2v) is 8.22. The summed E-state index contributed by atoms with van der Waals surface area (Å²) in [6.45, 7) is 8.20. The van der Waals surface area contributed by atoms with Crippen LogP contribution in [0.3, 0.4) is 0 Å². The number of benzene rings is 2. The zero-order valence-electron chi connectivity index (χ0n) is 17.0. The van der Waals surface area contributed by atoms with Gasteiger partial charge in [-0.2, -0.15) is 0 Å². The van der Waals surface area contributed by atoms with Crippen LogP contribution in [0.4, 0.5) is 0 Å². The molecule has 2 rings (SSSR count). The smallest absolute Gasteiger partial charge is 0.242 e. The molecule has 28 heavy (non-hydrogen) atoms. The molecule has 0 unspecified atom stereocenters. The summed E-state index contributed by atoms with van der Waals surface area (Å²) in [5.74, 6) is -0.183. The van der Waals surface area contributed by atoms with Gasteiger partial charge >= 0.3 is 0 Å². The molecule has 1 N–H and O–H groups in total. The number of hydrogen-bond acceptors (Lipinski definition) is 2. The molecule has 2 aromatic rings. The standard InChI is InChI=1S/C23H29BrN2O2/c1-5-17(3)25-23(28)18(4)26(15-20-7-6-8-21(24)13-20)22(27)14-19-11-9-16(2)10-12-19/h6-13,17-18H,5,14-15H2,1-4H3,(H,25,28)/t17-,18-/m0/s1. The summed E-state index contributed by atoms with van der Waals surface area (Å²) in [4.78, 5) is 27.5. The number of hydrogen-bond donors (Lipinski definition) is 1. The minimum absolute atomic E-state index is 0.0596. The van der Waals surface area contributed by atoms with Gasteiger partial charge in [0.2, 0.25) is 11.8 Å². The largest absolute Gasteiger partial charge is 0.352 e. The molecular formula is C23H29BrN2O2. The number of nitrogens with zero attached hydrogens (tertiary/aromatic N) is 1. The summed E-state index contributed by atoms with van der Waals surface area (Å²) in [5.41, 5.74) is 3.09. The van der Waals surface area contributed by atoms with Crippen molar-refractivity contribution in [3.63, 3.8) is 0 Å². The van der Waals surface area contributed by atoms with E-state index in [1.165, 1.54) is 0 Å². The molecule has 150 valence electrons. The Morgan fingerprint density at radius 1 is 1.07 bits per heavy atom. The number of nitrogens with one attached hydrogen (secondary N) is 1. The summed E-state index contributed by atoms with van der Waals surface area (Å²) in [7, 11) is 0. The van der Waals surface area contributed by atoms with Gasteiger partial charge in [-0.1, -0.05) is 64.8 Å². The van der Waals surface area contributed by atoms with E-state index in [0.29, 0.717) is 6.54 Å². The van der Waals surface area contributed by atoms with Crippen molar-refractivity contribution in [2.45, 2.75) is 59.2 Å². The molecular weight excluding hydrogens is 416 g/mol. The lowest BCUT2D eigenvalue weighted by Gasteiger charge is -2.30. The van der Waals surface area contributed by atoms with Crippen molar-refractivity contribution < 1.29 is 9.59 Å². The van der Waals surface area contributed by atoms with E-state index in [0.717, 1.165) is 27.6 Å². The van der Waals surface area contributed by atoms with Crippen LogP contribution >= 0.6 is 15.9 Å². The fourth-order valence-corrected chi connectivity index (χ4v) is 3.31. The fourth-order valence-electron chi connectivity index (χ4n) is 2.86. The molecule has 5 heteroatoms. The predicted octanol–water partition coefficient (Wildman–Crippen LogP) is 4.63. The van der Waals surface area contributed by atoms with Crippen LogP contribution in [0.15, 0.2) is 53.0 Å². The van der Waals surface area contributed by atoms with Gasteiger partial charge in [0.25, 0.3) is 0 Å². The average Bonchev–Trinajstić information content (AvgIpc) is 2.67. The first-order valence-electron chi connectivity index (χ1n) is 9.70. The summed E-state index contributed by atoms with van der Waals surface area (Å²) in [6, 6.07) is 15.3. The van der Waals surface area contributed by atoms with Crippen LogP contribution in [0.2, 0.25) is 0 Å². The van der Waals surface area contributed by atoms with Crippen LogP contribution < -0.4 is 5.32 Å². The third-order valence-corrected chi connectivity index (χ3v) is 5.38. The molecule has 0 aliphatic rings. The monoisotopic (exact) mass is 444 g/mol. The minimum Gasteiger partial charge on any atom is -0.352 e. The van der Waals surface area contributed by atoms with Gasteiger partial charge in [0.1, 0.15) is 6.04 Å². The van der Waals surface area contributed by atoms with Gasteiger partial charge in [0.15, 0.2) is 0 Å². The Morgan fingerprint density at radius 2 is 1.75 bits per heavy atom. The number of amides is 2. The van der Waals surface area contributed by atoms with E-state index in [-0.39, 0.29) is 24.3 Å². The third-order valence-electron chi connectivity index (χ3n) is 4.89. The minimum atomic E-state index is -0.550. The van der Waals surface area contributed by atoms with E-state index < -0.39 is 6.04 Å². The highest BCUT2D eigenvalue weighted by molar-refractivity contribution is 9.10. The predicted molar refractivity (Wildman–Crippen MR) is 117 cm³/mol. The van der Waals surface area contributed by atoms with E-state index in [2.05, 4.69) is 21.2 Å². The van der Waals surface area contributed by atoms with Crippen LogP contribution in [-0.2, 0) is 22.6 Å². The van der Waals surface area contributed by atoms with Crippen molar-refractivity contribution in [1.29, 1.82) is 0 Å².